The van der Waals surface area contributed by atoms with Crippen LogP contribution >= 0.6 is 24.0 Å². The molecule has 1 aromatic carbocycles. The Balaban J connectivity index is 0.00000256. The first-order chi connectivity index (χ1) is 7.72. The summed E-state index contributed by atoms with van der Waals surface area (Å²) in [4.78, 5) is 0. The van der Waals surface area contributed by atoms with Crippen LogP contribution in [0.15, 0.2) is 35.4 Å². The van der Waals surface area contributed by atoms with Crippen LogP contribution in [-0.4, -0.2) is 13.2 Å². The van der Waals surface area contributed by atoms with Crippen LogP contribution < -0.4 is 10.5 Å². The number of hydrogen-bond acceptors (Lipinski definition) is 2. The van der Waals surface area contributed by atoms with Gasteiger partial charge in [0, 0.05) is 18.0 Å². The third-order valence-electron chi connectivity index (χ3n) is 2.62. The first kappa shape index (κ1) is 16.3. The lowest BCUT2D eigenvalue weighted by Gasteiger charge is -2.14. The van der Waals surface area contributed by atoms with Gasteiger partial charge in [0.05, 0.1) is 6.61 Å². The second-order valence-electron chi connectivity index (χ2n) is 3.61. The quantitative estimate of drug-likeness (QED) is 0.890. The minimum atomic E-state index is 0. The minimum Gasteiger partial charge on any atom is -0.494 e. The summed E-state index contributed by atoms with van der Waals surface area (Å²) in [6, 6.07) is 8.03. The number of ether oxygens (including phenoxy) is 1. The topological polar surface area (TPSA) is 35.2 Å². The summed E-state index contributed by atoms with van der Waals surface area (Å²) in [6.45, 7) is 5.23. The predicted octanol–water partition coefficient (Wildman–Crippen LogP) is 3.69. The highest BCUT2D eigenvalue weighted by molar-refractivity contribution is 6.25. The number of halogens is 2. The zero-order valence-electron chi connectivity index (χ0n) is 10.2. The molecule has 2 N–H and O–H groups in total. The smallest absolute Gasteiger partial charge is 0.119 e. The molecule has 2 nitrogen and oxygen atoms in total. The van der Waals surface area contributed by atoms with Crippen LogP contribution in [-0.2, 0) is 0 Å². The SMILES string of the molecule is CCOc1ccc(C(C)C(=CCl)CN)cc1.Cl. The van der Waals surface area contributed by atoms with Crippen molar-refractivity contribution in [2.45, 2.75) is 19.8 Å². The summed E-state index contributed by atoms with van der Waals surface area (Å²) >= 11 is 5.73. The lowest BCUT2D eigenvalue weighted by molar-refractivity contribution is 0.340. The number of hydrogen-bond donors (Lipinski definition) is 1. The molecule has 0 spiro atoms. The second kappa shape index (κ2) is 8.40. The molecule has 0 radical (unpaired) electrons. The minimum absolute atomic E-state index is 0. The van der Waals surface area contributed by atoms with Crippen molar-refractivity contribution >= 4 is 24.0 Å². The molecule has 17 heavy (non-hydrogen) atoms. The van der Waals surface area contributed by atoms with E-state index in [9.17, 15) is 0 Å². The van der Waals surface area contributed by atoms with Crippen LogP contribution in [0.25, 0.3) is 0 Å². The third-order valence-corrected chi connectivity index (χ3v) is 2.90. The fraction of sp³-hybridized carbons (Fsp3) is 0.385. The fourth-order valence-corrected chi connectivity index (χ4v) is 1.83. The first-order valence-corrected chi connectivity index (χ1v) is 5.88. The maximum atomic E-state index is 5.73. The molecule has 0 amide bonds. The average Bonchev–Trinajstić information content (AvgIpc) is 2.32. The molecular weight excluding hydrogens is 257 g/mol. The van der Waals surface area contributed by atoms with Gasteiger partial charge in [0.1, 0.15) is 5.75 Å². The molecule has 0 heterocycles. The molecule has 0 fully saturated rings. The molecule has 1 aromatic rings. The van der Waals surface area contributed by atoms with Gasteiger partial charge < -0.3 is 10.5 Å². The lowest BCUT2D eigenvalue weighted by Crippen LogP contribution is -2.09. The molecule has 0 bridgehead atoms. The Kier molecular flexibility index (Phi) is 8.05. The van der Waals surface area contributed by atoms with Crippen LogP contribution in [0.3, 0.4) is 0 Å². The Labute approximate surface area is 114 Å². The molecule has 0 aromatic heterocycles. The van der Waals surface area contributed by atoms with Crippen molar-refractivity contribution in [2.24, 2.45) is 5.73 Å². The molecule has 0 aliphatic heterocycles. The van der Waals surface area contributed by atoms with Gasteiger partial charge in [-0.25, -0.2) is 0 Å². The number of rotatable bonds is 5. The molecule has 0 aliphatic carbocycles. The Morgan fingerprint density at radius 1 is 1.41 bits per heavy atom. The van der Waals surface area contributed by atoms with E-state index in [-0.39, 0.29) is 18.3 Å². The Hall–Kier alpha value is -0.700. The first-order valence-electron chi connectivity index (χ1n) is 5.44. The molecule has 1 atom stereocenters. The molecular formula is C13H19Cl2NO. The van der Waals surface area contributed by atoms with E-state index in [1.807, 2.05) is 31.2 Å². The second-order valence-corrected chi connectivity index (χ2v) is 3.83. The maximum Gasteiger partial charge on any atom is 0.119 e. The summed E-state index contributed by atoms with van der Waals surface area (Å²) in [7, 11) is 0. The van der Waals surface area contributed by atoms with Crippen molar-refractivity contribution in [3.8, 4) is 5.75 Å². The Bertz CT molecular complexity index is 349. The number of nitrogens with two attached hydrogens (primary N) is 1. The maximum absolute atomic E-state index is 5.73. The van der Waals surface area contributed by atoms with E-state index in [0.29, 0.717) is 13.2 Å². The Morgan fingerprint density at radius 2 is 2.00 bits per heavy atom. The molecule has 1 unspecified atom stereocenters. The average molecular weight is 276 g/mol. The van der Waals surface area contributed by atoms with E-state index in [0.717, 1.165) is 11.3 Å². The van der Waals surface area contributed by atoms with Crippen molar-refractivity contribution in [1.82, 2.24) is 0 Å². The van der Waals surface area contributed by atoms with Crippen molar-refractivity contribution < 1.29 is 4.74 Å². The van der Waals surface area contributed by atoms with Crippen molar-refractivity contribution in [1.29, 1.82) is 0 Å². The zero-order valence-corrected chi connectivity index (χ0v) is 11.7. The van der Waals surface area contributed by atoms with E-state index < -0.39 is 0 Å². The Morgan fingerprint density at radius 3 is 2.41 bits per heavy atom. The molecule has 96 valence electrons. The largest absolute Gasteiger partial charge is 0.494 e. The van der Waals surface area contributed by atoms with Gasteiger partial charge in [-0.05, 0) is 30.2 Å². The molecule has 0 aliphatic rings. The van der Waals surface area contributed by atoms with E-state index in [1.54, 1.807) is 5.54 Å². The van der Waals surface area contributed by atoms with Crippen LogP contribution in [0, 0.1) is 0 Å². The van der Waals surface area contributed by atoms with Gasteiger partial charge in [-0.3, -0.25) is 0 Å². The summed E-state index contributed by atoms with van der Waals surface area (Å²) in [5, 5.41) is 0. The molecule has 1 rings (SSSR count). The molecule has 0 saturated heterocycles. The molecule has 4 heteroatoms. The van der Waals surface area contributed by atoms with Gasteiger partial charge in [-0.2, -0.15) is 0 Å². The van der Waals surface area contributed by atoms with Crippen LogP contribution in [0.4, 0.5) is 0 Å². The van der Waals surface area contributed by atoms with Crippen molar-refractivity contribution in [2.75, 3.05) is 13.2 Å². The highest BCUT2D eigenvalue weighted by atomic mass is 35.5. The lowest BCUT2D eigenvalue weighted by atomic mass is 9.94. The predicted molar refractivity (Wildman–Crippen MR) is 76.3 cm³/mol. The summed E-state index contributed by atoms with van der Waals surface area (Å²) in [5.74, 6) is 1.14. The van der Waals surface area contributed by atoms with Gasteiger partial charge in [-0.1, -0.05) is 30.7 Å². The van der Waals surface area contributed by atoms with Gasteiger partial charge in [0.2, 0.25) is 0 Å². The molecule has 0 saturated carbocycles. The van der Waals surface area contributed by atoms with Gasteiger partial charge in [0.25, 0.3) is 0 Å². The standard InChI is InChI=1S/C13H18ClNO.ClH/c1-3-16-13-6-4-11(5-7-13)10(2)12(8-14)9-15;/h4-8,10H,3,9,15H2,1-2H3;1H. The normalized spacial score (nSPS) is 12.8. The van der Waals surface area contributed by atoms with Crippen molar-refractivity contribution in [3.63, 3.8) is 0 Å². The highest BCUT2D eigenvalue weighted by Crippen LogP contribution is 2.25. The van der Waals surface area contributed by atoms with Crippen LogP contribution in [0.5, 0.6) is 5.75 Å². The van der Waals surface area contributed by atoms with Crippen LogP contribution in [0.1, 0.15) is 25.3 Å². The number of benzene rings is 1. The van der Waals surface area contributed by atoms with Gasteiger partial charge >= 0.3 is 0 Å². The van der Waals surface area contributed by atoms with Crippen molar-refractivity contribution in [3.05, 3.63) is 40.9 Å². The third kappa shape index (κ3) is 4.58. The van der Waals surface area contributed by atoms with E-state index in [2.05, 4.69) is 6.92 Å². The summed E-state index contributed by atoms with van der Waals surface area (Å²) in [5.41, 5.74) is 9.42. The highest BCUT2D eigenvalue weighted by Gasteiger charge is 2.09. The summed E-state index contributed by atoms with van der Waals surface area (Å²) in [6.07, 6.45) is 0. The fourth-order valence-electron chi connectivity index (χ4n) is 1.55. The summed E-state index contributed by atoms with van der Waals surface area (Å²) < 4.78 is 5.39. The van der Waals surface area contributed by atoms with Crippen LogP contribution in [0.2, 0.25) is 0 Å². The van der Waals surface area contributed by atoms with E-state index in [4.69, 9.17) is 22.1 Å². The zero-order chi connectivity index (χ0) is 12.0. The monoisotopic (exact) mass is 275 g/mol. The van der Waals surface area contributed by atoms with Gasteiger partial charge in [-0.15, -0.1) is 12.4 Å². The van der Waals surface area contributed by atoms with E-state index in [1.165, 1.54) is 5.56 Å². The van der Waals surface area contributed by atoms with Gasteiger partial charge in [0.15, 0.2) is 0 Å². The van der Waals surface area contributed by atoms with E-state index >= 15 is 0 Å².